The minimum atomic E-state index is -0.208. The molecule has 2 rings (SSSR count). The van der Waals surface area contributed by atoms with Crippen molar-refractivity contribution in [2.24, 2.45) is 23.7 Å². The van der Waals surface area contributed by atoms with Crippen LogP contribution in [0.2, 0.25) is 0 Å². The summed E-state index contributed by atoms with van der Waals surface area (Å²) in [5.74, 6) is 0.630. The molecule has 3 nitrogen and oxygen atoms in total. The Morgan fingerprint density at radius 2 is 2.27 bits per heavy atom. The zero-order valence-electron chi connectivity index (χ0n) is 6.32. The maximum atomic E-state index is 11.0. The number of methoxy groups -OCH3 is 1. The topological polar surface area (TPSA) is 43.4 Å². The van der Waals surface area contributed by atoms with Crippen molar-refractivity contribution in [2.45, 2.75) is 6.42 Å². The molecule has 0 N–H and O–H groups in total. The number of hydrogen-bond acceptors (Lipinski definition) is 3. The van der Waals surface area contributed by atoms with Crippen molar-refractivity contribution in [2.75, 3.05) is 7.11 Å². The molecule has 2 aliphatic rings. The maximum Gasteiger partial charge on any atom is 0.309 e. The molecule has 2 fully saturated rings. The van der Waals surface area contributed by atoms with Crippen LogP contribution in [0.4, 0.5) is 0 Å². The summed E-state index contributed by atoms with van der Waals surface area (Å²) in [5.41, 5.74) is 0. The molecular weight excluding hydrogens is 144 g/mol. The number of carbonyl (C=O) groups excluding carboxylic acids is 2. The number of hydrogen-bond donors (Lipinski definition) is 0. The summed E-state index contributed by atoms with van der Waals surface area (Å²) in [6.45, 7) is 0. The molecule has 0 aromatic heterocycles. The Labute approximate surface area is 64.7 Å². The predicted octanol–water partition coefficient (Wildman–Crippen LogP) is 0.240. The van der Waals surface area contributed by atoms with E-state index >= 15 is 0 Å². The van der Waals surface area contributed by atoms with Crippen molar-refractivity contribution in [1.29, 1.82) is 0 Å². The van der Waals surface area contributed by atoms with E-state index in [4.69, 9.17) is 0 Å². The molecule has 0 aliphatic heterocycles. The van der Waals surface area contributed by atoms with Gasteiger partial charge in [-0.1, -0.05) is 0 Å². The Morgan fingerprint density at radius 1 is 1.55 bits per heavy atom. The van der Waals surface area contributed by atoms with Crippen LogP contribution in [0.25, 0.3) is 0 Å². The number of ether oxygens (including phenoxy) is 1. The summed E-state index contributed by atoms with van der Waals surface area (Å²) in [5, 5.41) is 0. The second-order valence-corrected chi connectivity index (χ2v) is 3.33. The SMILES string of the molecule is COC(=O)[C@@H]1[C@@H](C=O)[C@@H]2C[C@@H]21. The summed E-state index contributed by atoms with van der Waals surface area (Å²) < 4.78 is 4.59. The molecule has 2 aliphatic carbocycles. The third-order valence-electron chi connectivity index (χ3n) is 2.89. The molecule has 0 aromatic carbocycles. The Hall–Kier alpha value is -0.860. The second kappa shape index (κ2) is 2.06. The van der Waals surface area contributed by atoms with Crippen LogP contribution in [0.1, 0.15) is 6.42 Å². The smallest absolute Gasteiger partial charge is 0.309 e. The average molecular weight is 154 g/mol. The van der Waals surface area contributed by atoms with Gasteiger partial charge in [-0.3, -0.25) is 4.79 Å². The molecule has 0 radical (unpaired) electrons. The highest BCUT2D eigenvalue weighted by molar-refractivity contribution is 5.80. The standard InChI is InChI=1S/C8H10O3/c1-11-8(10)7-5-2-4(5)6(7)3-9/h3-7H,2H2,1H3/t4-,5+,6+,7+/m1/s1. The van der Waals surface area contributed by atoms with Crippen molar-refractivity contribution in [3.05, 3.63) is 0 Å². The first kappa shape index (κ1) is 6.83. The molecule has 3 heteroatoms. The molecule has 0 bridgehead atoms. The molecule has 2 saturated carbocycles. The summed E-state index contributed by atoms with van der Waals surface area (Å²) in [4.78, 5) is 21.5. The summed E-state index contributed by atoms with van der Waals surface area (Å²) in [6, 6.07) is 0. The highest BCUT2D eigenvalue weighted by Crippen LogP contribution is 2.63. The molecule has 0 spiro atoms. The second-order valence-electron chi connectivity index (χ2n) is 3.33. The fourth-order valence-corrected chi connectivity index (χ4v) is 2.15. The highest BCUT2D eigenvalue weighted by atomic mass is 16.5. The lowest BCUT2D eigenvalue weighted by Gasteiger charge is -2.28. The van der Waals surface area contributed by atoms with Crippen LogP contribution in [0.15, 0.2) is 0 Å². The van der Waals surface area contributed by atoms with Gasteiger partial charge in [-0.25, -0.2) is 0 Å². The first-order valence-corrected chi connectivity index (χ1v) is 3.82. The quantitative estimate of drug-likeness (QED) is 0.422. The van der Waals surface area contributed by atoms with E-state index in [0.29, 0.717) is 11.8 Å². The van der Waals surface area contributed by atoms with Crippen LogP contribution in [0, 0.1) is 23.7 Å². The first-order chi connectivity index (χ1) is 5.29. The number of rotatable bonds is 2. The number of aldehydes is 1. The molecule has 0 saturated heterocycles. The lowest BCUT2D eigenvalue weighted by molar-refractivity contribution is -0.154. The van der Waals surface area contributed by atoms with Crippen LogP contribution >= 0.6 is 0 Å². The van der Waals surface area contributed by atoms with E-state index in [9.17, 15) is 9.59 Å². The van der Waals surface area contributed by atoms with Crippen molar-refractivity contribution >= 4 is 12.3 Å². The Kier molecular flexibility index (Phi) is 1.28. The van der Waals surface area contributed by atoms with Crippen LogP contribution in [-0.2, 0) is 14.3 Å². The Balaban J connectivity index is 2.04. The Bertz CT molecular complexity index is 211. The molecule has 11 heavy (non-hydrogen) atoms. The summed E-state index contributed by atoms with van der Waals surface area (Å²) in [6.07, 6.45) is 1.94. The van der Waals surface area contributed by atoms with E-state index in [-0.39, 0.29) is 17.8 Å². The van der Waals surface area contributed by atoms with Gasteiger partial charge in [0.15, 0.2) is 0 Å². The lowest BCUT2D eigenvalue weighted by Crippen LogP contribution is -2.37. The van der Waals surface area contributed by atoms with Crippen molar-refractivity contribution in [1.82, 2.24) is 0 Å². The maximum absolute atomic E-state index is 11.0. The third kappa shape index (κ3) is 0.737. The fraction of sp³-hybridized carbons (Fsp3) is 0.750. The lowest BCUT2D eigenvalue weighted by atomic mass is 9.75. The molecular formula is C8H10O3. The highest BCUT2D eigenvalue weighted by Gasteiger charge is 2.64. The molecule has 0 heterocycles. The Morgan fingerprint density at radius 3 is 2.82 bits per heavy atom. The molecule has 0 aromatic rings. The molecule has 0 amide bonds. The fourth-order valence-electron chi connectivity index (χ4n) is 2.15. The van der Waals surface area contributed by atoms with Gasteiger partial charge in [0.25, 0.3) is 0 Å². The van der Waals surface area contributed by atoms with Gasteiger partial charge in [-0.2, -0.15) is 0 Å². The van der Waals surface area contributed by atoms with Gasteiger partial charge in [0, 0.05) is 5.92 Å². The van der Waals surface area contributed by atoms with Crippen molar-refractivity contribution < 1.29 is 14.3 Å². The number of fused-ring (bicyclic) bond motifs is 1. The van der Waals surface area contributed by atoms with Crippen LogP contribution in [0.5, 0.6) is 0 Å². The van der Waals surface area contributed by atoms with E-state index in [1.54, 1.807) is 0 Å². The van der Waals surface area contributed by atoms with Crippen molar-refractivity contribution in [3.8, 4) is 0 Å². The predicted molar refractivity (Wildman–Crippen MR) is 36.7 cm³/mol. The molecule has 4 atom stereocenters. The number of carbonyl (C=O) groups is 2. The summed E-state index contributed by atoms with van der Waals surface area (Å²) in [7, 11) is 1.37. The van der Waals surface area contributed by atoms with E-state index in [2.05, 4.69) is 4.74 Å². The monoisotopic (exact) mass is 154 g/mol. The first-order valence-electron chi connectivity index (χ1n) is 3.82. The van der Waals surface area contributed by atoms with Crippen LogP contribution in [0.3, 0.4) is 0 Å². The van der Waals surface area contributed by atoms with Crippen molar-refractivity contribution in [3.63, 3.8) is 0 Å². The van der Waals surface area contributed by atoms with Gasteiger partial charge in [-0.15, -0.1) is 0 Å². The van der Waals surface area contributed by atoms with Gasteiger partial charge < -0.3 is 9.53 Å². The average Bonchev–Trinajstić information content (AvgIpc) is 2.65. The van der Waals surface area contributed by atoms with Crippen LogP contribution in [-0.4, -0.2) is 19.4 Å². The van der Waals surface area contributed by atoms with Crippen LogP contribution < -0.4 is 0 Å². The summed E-state index contributed by atoms with van der Waals surface area (Å²) >= 11 is 0. The van der Waals surface area contributed by atoms with Gasteiger partial charge in [-0.05, 0) is 18.3 Å². The minimum Gasteiger partial charge on any atom is -0.469 e. The number of esters is 1. The van der Waals surface area contributed by atoms with E-state index in [1.165, 1.54) is 7.11 Å². The zero-order valence-corrected chi connectivity index (χ0v) is 6.32. The zero-order chi connectivity index (χ0) is 8.01. The van der Waals surface area contributed by atoms with Gasteiger partial charge in [0.1, 0.15) is 6.29 Å². The largest absolute Gasteiger partial charge is 0.469 e. The van der Waals surface area contributed by atoms with E-state index in [0.717, 1.165) is 12.7 Å². The minimum absolute atomic E-state index is 0.0348. The normalized spacial score (nSPS) is 45.2. The molecule has 60 valence electrons. The van der Waals surface area contributed by atoms with Gasteiger partial charge in [0.05, 0.1) is 13.0 Å². The van der Waals surface area contributed by atoms with Gasteiger partial charge in [0.2, 0.25) is 0 Å². The van der Waals surface area contributed by atoms with Gasteiger partial charge >= 0.3 is 5.97 Å². The third-order valence-corrected chi connectivity index (χ3v) is 2.89. The van der Waals surface area contributed by atoms with E-state index in [1.807, 2.05) is 0 Å². The molecule has 0 unspecified atom stereocenters. The van der Waals surface area contributed by atoms with E-state index < -0.39 is 0 Å².